The second-order valence-corrected chi connectivity index (χ2v) is 5.68. The zero-order valence-corrected chi connectivity index (χ0v) is 11.9. The van der Waals surface area contributed by atoms with Gasteiger partial charge in [-0.25, -0.2) is 0 Å². The van der Waals surface area contributed by atoms with E-state index in [1.165, 1.54) is 0 Å². The van der Waals surface area contributed by atoms with Crippen molar-refractivity contribution in [3.8, 4) is 0 Å². The summed E-state index contributed by atoms with van der Waals surface area (Å²) in [7, 11) is 0. The van der Waals surface area contributed by atoms with Crippen LogP contribution in [-0.4, -0.2) is 11.1 Å². The standard InChI is InChI=1S/C15H15ClN2O2/c1-9-2-7-13-12(8-9)14(18-20-13)15(19)17-11-5-3-10(16)4-6-11/h3-6,9H,2,7-8H2,1H3,(H,17,19)/t9-/m0/s1. The van der Waals surface area contributed by atoms with E-state index in [4.69, 9.17) is 16.1 Å². The van der Waals surface area contributed by atoms with Crippen molar-refractivity contribution in [1.29, 1.82) is 0 Å². The first-order chi connectivity index (χ1) is 9.63. The Morgan fingerprint density at radius 1 is 1.40 bits per heavy atom. The van der Waals surface area contributed by atoms with Gasteiger partial charge in [-0.05, 0) is 43.0 Å². The molecule has 0 unspecified atom stereocenters. The maximum atomic E-state index is 12.3. The Labute approximate surface area is 122 Å². The van der Waals surface area contributed by atoms with Crippen molar-refractivity contribution < 1.29 is 9.32 Å². The highest BCUT2D eigenvalue weighted by Crippen LogP contribution is 2.28. The van der Waals surface area contributed by atoms with Gasteiger partial charge in [0.05, 0.1) is 0 Å². The van der Waals surface area contributed by atoms with E-state index >= 15 is 0 Å². The van der Waals surface area contributed by atoms with Crippen molar-refractivity contribution in [2.45, 2.75) is 26.2 Å². The van der Waals surface area contributed by atoms with Crippen LogP contribution in [-0.2, 0) is 12.8 Å². The summed E-state index contributed by atoms with van der Waals surface area (Å²) >= 11 is 5.82. The summed E-state index contributed by atoms with van der Waals surface area (Å²) < 4.78 is 5.28. The molecule has 0 saturated carbocycles. The highest BCUT2D eigenvalue weighted by atomic mass is 35.5. The molecule has 1 aliphatic rings. The van der Waals surface area contributed by atoms with Crippen LogP contribution in [0.2, 0.25) is 5.02 Å². The van der Waals surface area contributed by atoms with E-state index in [1.54, 1.807) is 24.3 Å². The van der Waals surface area contributed by atoms with Gasteiger partial charge in [0.25, 0.3) is 5.91 Å². The molecule has 3 rings (SSSR count). The largest absolute Gasteiger partial charge is 0.360 e. The number of nitrogens with one attached hydrogen (secondary N) is 1. The third-order valence-corrected chi connectivity index (χ3v) is 3.86. The summed E-state index contributed by atoms with van der Waals surface area (Å²) in [6.07, 6.45) is 2.79. The zero-order chi connectivity index (χ0) is 14.1. The minimum atomic E-state index is -0.230. The Morgan fingerprint density at radius 3 is 2.90 bits per heavy atom. The number of hydrogen-bond donors (Lipinski definition) is 1. The summed E-state index contributed by atoms with van der Waals surface area (Å²) in [4.78, 5) is 12.3. The van der Waals surface area contributed by atoms with Crippen molar-refractivity contribution in [2.75, 3.05) is 5.32 Å². The molecule has 0 fully saturated rings. The molecule has 104 valence electrons. The number of halogens is 1. The third-order valence-electron chi connectivity index (χ3n) is 3.60. The first kappa shape index (κ1) is 13.2. The number of aryl methyl sites for hydroxylation is 1. The minimum Gasteiger partial charge on any atom is -0.360 e. The zero-order valence-electron chi connectivity index (χ0n) is 11.1. The maximum absolute atomic E-state index is 12.3. The molecule has 20 heavy (non-hydrogen) atoms. The number of amides is 1. The van der Waals surface area contributed by atoms with Gasteiger partial charge in [-0.2, -0.15) is 0 Å². The van der Waals surface area contributed by atoms with Crippen LogP contribution >= 0.6 is 11.6 Å². The Hall–Kier alpha value is -1.81. The first-order valence-electron chi connectivity index (χ1n) is 6.68. The van der Waals surface area contributed by atoms with E-state index in [0.29, 0.717) is 22.3 Å². The van der Waals surface area contributed by atoms with Crippen LogP contribution in [0.3, 0.4) is 0 Å². The monoisotopic (exact) mass is 290 g/mol. The maximum Gasteiger partial charge on any atom is 0.278 e. The molecule has 0 radical (unpaired) electrons. The number of anilines is 1. The van der Waals surface area contributed by atoms with Crippen molar-refractivity contribution >= 4 is 23.2 Å². The lowest BCUT2D eigenvalue weighted by atomic mass is 9.88. The molecule has 1 N–H and O–H groups in total. The lowest BCUT2D eigenvalue weighted by Crippen LogP contribution is -2.17. The van der Waals surface area contributed by atoms with Gasteiger partial charge in [0.2, 0.25) is 0 Å². The van der Waals surface area contributed by atoms with E-state index < -0.39 is 0 Å². The van der Waals surface area contributed by atoms with Crippen molar-refractivity contribution in [1.82, 2.24) is 5.16 Å². The van der Waals surface area contributed by atoms with Gasteiger partial charge < -0.3 is 9.84 Å². The van der Waals surface area contributed by atoms with Gasteiger partial charge in [-0.3, -0.25) is 4.79 Å². The Balaban J connectivity index is 1.81. The SMILES string of the molecule is C[C@H]1CCc2onc(C(=O)Nc3ccc(Cl)cc3)c2C1. The average molecular weight is 291 g/mol. The smallest absolute Gasteiger partial charge is 0.278 e. The van der Waals surface area contributed by atoms with E-state index in [1.807, 2.05) is 0 Å². The van der Waals surface area contributed by atoms with Crippen molar-refractivity contribution in [2.24, 2.45) is 5.92 Å². The van der Waals surface area contributed by atoms with E-state index in [0.717, 1.165) is 30.6 Å². The van der Waals surface area contributed by atoms with Crippen LogP contribution in [0.4, 0.5) is 5.69 Å². The number of aromatic nitrogens is 1. The highest BCUT2D eigenvalue weighted by molar-refractivity contribution is 6.30. The molecular formula is C15H15ClN2O2. The molecule has 1 aliphatic carbocycles. The second-order valence-electron chi connectivity index (χ2n) is 5.24. The van der Waals surface area contributed by atoms with Crippen molar-refractivity contribution in [3.63, 3.8) is 0 Å². The number of benzene rings is 1. The molecule has 1 amide bonds. The fourth-order valence-corrected chi connectivity index (χ4v) is 2.61. The lowest BCUT2D eigenvalue weighted by Gasteiger charge is -2.16. The van der Waals surface area contributed by atoms with Gasteiger partial charge in [0, 0.05) is 22.7 Å². The predicted octanol–water partition coefficient (Wildman–Crippen LogP) is 3.71. The fraction of sp³-hybridized carbons (Fsp3) is 0.333. The molecule has 0 bridgehead atoms. The predicted molar refractivity (Wildman–Crippen MR) is 77.1 cm³/mol. The van der Waals surface area contributed by atoms with Gasteiger partial charge >= 0.3 is 0 Å². The van der Waals surface area contributed by atoms with Gasteiger partial charge in [0.15, 0.2) is 5.69 Å². The highest BCUT2D eigenvalue weighted by Gasteiger charge is 2.26. The molecule has 0 spiro atoms. The van der Waals surface area contributed by atoms with Crippen LogP contribution in [0.5, 0.6) is 0 Å². The second kappa shape index (κ2) is 5.29. The van der Waals surface area contributed by atoms with Crippen LogP contribution in [0.25, 0.3) is 0 Å². The quantitative estimate of drug-likeness (QED) is 0.917. The summed E-state index contributed by atoms with van der Waals surface area (Å²) in [6.45, 7) is 2.18. The molecule has 5 heteroatoms. The molecule has 1 aromatic heterocycles. The summed E-state index contributed by atoms with van der Waals surface area (Å²) in [5.74, 6) is 1.18. The van der Waals surface area contributed by atoms with Crippen LogP contribution in [0.1, 0.15) is 35.2 Å². The molecule has 2 aromatic rings. The number of carbonyl (C=O) groups excluding carboxylic acids is 1. The number of nitrogens with zero attached hydrogens (tertiary/aromatic N) is 1. The number of hydrogen-bond acceptors (Lipinski definition) is 3. The number of carbonyl (C=O) groups is 1. The van der Waals surface area contributed by atoms with Gasteiger partial charge in [-0.1, -0.05) is 23.7 Å². The Kier molecular flexibility index (Phi) is 3.49. The normalized spacial score (nSPS) is 17.6. The van der Waals surface area contributed by atoms with Gasteiger partial charge in [0.1, 0.15) is 5.76 Å². The minimum absolute atomic E-state index is 0.230. The van der Waals surface area contributed by atoms with Gasteiger partial charge in [-0.15, -0.1) is 0 Å². The Morgan fingerprint density at radius 2 is 2.15 bits per heavy atom. The number of fused-ring (bicyclic) bond motifs is 1. The Bertz CT molecular complexity index is 634. The first-order valence-corrected chi connectivity index (χ1v) is 7.05. The molecule has 4 nitrogen and oxygen atoms in total. The summed E-state index contributed by atoms with van der Waals surface area (Å²) in [5.41, 5.74) is 2.05. The summed E-state index contributed by atoms with van der Waals surface area (Å²) in [5, 5.41) is 7.38. The van der Waals surface area contributed by atoms with E-state index in [-0.39, 0.29) is 5.91 Å². The molecule has 0 saturated heterocycles. The van der Waals surface area contributed by atoms with Crippen LogP contribution in [0.15, 0.2) is 28.8 Å². The molecule has 0 aliphatic heterocycles. The molecule has 1 atom stereocenters. The lowest BCUT2D eigenvalue weighted by molar-refractivity contribution is 0.101. The summed E-state index contributed by atoms with van der Waals surface area (Å²) in [6, 6.07) is 6.99. The number of rotatable bonds is 2. The van der Waals surface area contributed by atoms with E-state index in [9.17, 15) is 4.79 Å². The molecule has 1 heterocycles. The topological polar surface area (TPSA) is 55.1 Å². The van der Waals surface area contributed by atoms with Crippen LogP contribution in [0, 0.1) is 5.92 Å². The third kappa shape index (κ3) is 2.56. The van der Waals surface area contributed by atoms with Crippen LogP contribution < -0.4 is 5.32 Å². The average Bonchev–Trinajstić information content (AvgIpc) is 2.84. The molecule has 1 aromatic carbocycles. The van der Waals surface area contributed by atoms with E-state index in [2.05, 4.69) is 17.4 Å². The van der Waals surface area contributed by atoms with Crippen molar-refractivity contribution in [3.05, 3.63) is 46.3 Å². The fourth-order valence-electron chi connectivity index (χ4n) is 2.48. The molecular weight excluding hydrogens is 276 g/mol.